The molecule has 3 rings (SSSR count). The zero-order chi connectivity index (χ0) is 15.7. The smallest absolute Gasteiger partial charge is 0.369 e. The van der Waals surface area contributed by atoms with Gasteiger partial charge in [0.25, 0.3) is 0 Å². The molecule has 21 heavy (non-hydrogen) atoms. The highest BCUT2D eigenvalue weighted by Crippen LogP contribution is 2.19. The van der Waals surface area contributed by atoms with E-state index in [1.165, 1.54) is 13.2 Å². The standard InChI is InChI=1S/C11H10IN7O2/c1-18-11(20)19(17-16-18)10-7(8(12)2-4-13-10)6-21-9-3-5-14-15-9/h2-5H,6H2,1H3,(H,14,15)/i/hT. The number of aryl methyl sites for hydroxylation is 1. The van der Waals surface area contributed by atoms with Crippen molar-refractivity contribution in [2.24, 2.45) is 7.05 Å². The summed E-state index contributed by atoms with van der Waals surface area (Å²) in [6.45, 7) is 0.140. The van der Waals surface area contributed by atoms with Gasteiger partial charge in [-0.3, -0.25) is 5.09 Å². The van der Waals surface area contributed by atoms with Crippen LogP contribution in [0.4, 0.5) is 0 Å². The topological polar surface area (TPSA) is 104 Å². The lowest BCUT2D eigenvalue weighted by molar-refractivity contribution is 0.291. The molecule has 0 aliphatic rings. The van der Waals surface area contributed by atoms with E-state index >= 15 is 0 Å². The second kappa shape index (κ2) is 5.63. The van der Waals surface area contributed by atoms with Crippen molar-refractivity contribution in [3.05, 3.63) is 44.1 Å². The molecular formula is C11H10IN7O2. The molecule has 0 bridgehead atoms. The van der Waals surface area contributed by atoms with Gasteiger partial charge in [-0.1, -0.05) is 0 Å². The van der Waals surface area contributed by atoms with Gasteiger partial charge in [0.05, 0.1) is 0 Å². The summed E-state index contributed by atoms with van der Waals surface area (Å²) < 4.78 is 15.9. The number of ether oxygens (including phenoxy) is 1. The molecule has 3 heterocycles. The van der Waals surface area contributed by atoms with Crippen LogP contribution in [0.25, 0.3) is 5.82 Å². The summed E-state index contributed by atoms with van der Waals surface area (Å²) in [5.41, 5.74) is 0.288. The minimum absolute atomic E-state index is 0.140. The first-order chi connectivity index (χ1) is 10.6. The van der Waals surface area contributed by atoms with E-state index in [4.69, 9.17) is 6.15 Å². The van der Waals surface area contributed by atoms with Crippen LogP contribution < -0.4 is 10.4 Å². The fourth-order valence-electron chi connectivity index (χ4n) is 1.66. The van der Waals surface area contributed by atoms with Crippen LogP contribution in [0.2, 0.25) is 1.41 Å². The molecule has 0 radical (unpaired) electrons. The summed E-state index contributed by atoms with van der Waals surface area (Å²) >= 11 is 2.13. The molecule has 0 atom stereocenters. The van der Waals surface area contributed by atoms with Crippen molar-refractivity contribution in [2.45, 2.75) is 6.61 Å². The summed E-state index contributed by atoms with van der Waals surface area (Å²) in [6, 6.07) is 3.37. The van der Waals surface area contributed by atoms with E-state index in [1.807, 2.05) is 0 Å². The lowest BCUT2D eigenvalue weighted by Gasteiger charge is -2.09. The molecule has 0 saturated heterocycles. The number of aromatic amines is 1. The maximum Gasteiger partial charge on any atom is 0.369 e. The number of nitrogens with one attached hydrogen (secondary N) is 1. The normalized spacial score (nSPS) is 11.4. The molecule has 0 unspecified atom stereocenters. The number of H-pyrrole nitrogens is 1. The first-order valence-corrected chi connectivity index (χ1v) is 6.94. The predicted molar refractivity (Wildman–Crippen MR) is 80.0 cm³/mol. The lowest BCUT2D eigenvalue weighted by atomic mass is 10.3. The molecule has 1 N–H and O–H groups in total. The highest BCUT2D eigenvalue weighted by molar-refractivity contribution is 14.1. The molecule has 108 valence electrons. The summed E-state index contributed by atoms with van der Waals surface area (Å²) in [5, 5.41) is 12.2. The van der Waals surface area contributed by atoms with Gasteiger partial charge in [0, 0.05) is 34.6 Å². The predicted octanol–water partition coefficient (Wildman–Crippen LogP) is 0.268. The van der Waals surface area contributed by atoms with Gasteiger partial charge >= 0.3 is 5.69 Å². The van der Waals surface area contributed by atoms with Crippen LogP contribution in [0.1, 0.15) is 5.56 Å². The number of pyridine rings is 1. The van der Waals surface area contributed by atoms with Crippen molar-refractivity contribution in [3.8, 4) is 11.7 Å². The first kappa shape index (κ1) is 12.5. The second-order valence-corrected chi connectivity index (χ2v) is 5.21. The van der Waals surface area contributed by atoms with E-state index in [-0.39, 0.29) is 6.61 Å². The van der Waals surface area contributed by atoms with Gasteiger partial charge in [-0.15, -0.1) is 9.78 Å². The largest absolute Gasteiger partial charge is 0.472 e. The van der Waals surface area contributed by atoms with E-state index in [9.17, 15) is 4.79 Å². The number of tetrazole rings is 1. The number of rotatable bonds is 4. The van der Waals surface area contributed by atoms with Crippen LogP contribution in [0, 0.1) is 3.57 Å². The second-order valence-electron chi connectivity index (χ2n) is 4.05. The molecule has 0 aliphatic heterocycles. The molecule has 0 fully saturated rings. The number of hydrogen-bond acceptors (Lipinski definition) is 6. The lowest BCUT2D eigenvalue weighted by Crippen LogP contribution is -2.24. The maximum atomic E-state index is 12.0. The number of aromatic nitrogens is 7. The third kappa shape index (κ3) is 2.66. The molecule has 0 aromatic carbocycles. The molecule has 0 saturated carbocycles. The van der Waals surface area contributed by atoms with Crippen molar-refractivity contribution in [2.75, 3.05) is 0 Å². The summed E-state index contributed by atoms with van der Waals surface area (Å²) in [4.78, 5) is 16.2. The fourth-order valence-corrected chi connectivity index (χ4v) is 2.22. The average Bonchev–Trinajstić information content (AvgIpc) is 3.05. The Kier molecular flexibility index (Phi) is 3.35. The van der Waals surface area contributed by atoms with Crippen LogP contribution in [-0.4, -0.2) is 35.0 Å². The third-order valence-electron chi connectivity index (χ3n) is 2.70. The molecule has 3 aromatic heterocycles. The van der Waals surface area contributed by atoms with Crippen LogP contribution in [0.3, 0.4) is 0 Å². The summed E-state index contributed by atoms with van der Waals surface area (Å²) in [5.74, 6) is 0.669. The molecular weight excluding hydrogens is 389 g/mol. The summed E-state index contributed by atoms with van der Waals surface area (Å²) in [6.07, 6.45) is 3.04. The highest BCUT2D eigenvalue weighted by atomic mass is 127. The van der Waals surface area contributed by atoms with Gasteiger partial charge in [-0.25, -0.2) is 9.78 Å². The maximum absolute atomic E-state index is 12.0. The Morgan fingerprint density at radius 3 is 3.00 bits per heavy atom. The number of hydrogen-bond donors (Lipinski definition) is 1. The third-order valence-corrected chi connectivity index (χ3v) is 3.71. The Hall–Kier alpha value is -2.24. The monoisotopic (exact) mass is 401 g/mol. The van der Waals surface area contributed by atoms with Crippen LogP contribution >= 0.6 is 22.6 Å². The summed E-state index contributed by atoms with van der Waals surface area (Å²) in [7, 11) is 1.51. The van der Waals surface area contributed by atoms with E-state index < -0.39 is 5.69 Å². The van der Waals surface area contributed by atoms with Crippen molar-refractivity contribution in [1.29, 1.82) is 0 Å². The molecule has 0 spiro atoms. The Morgan fingerprint density at radius 2 is 2.33 bits per heavy atom. The van der Waals surface area contributed by atoms with Crippen molar-refractivity contribution in [1.82, 2.24) is 35.0 Å². The van der Waals surface area contributed by atoms with Crippen molar-refractivity contribution in [3.63, 3.8) is 0 Å². The molecule has 9 nitrogen and oxygen atoms in total. The van der Waals surface area contributed by atoms with Crippen molar-refractivity contribution >= 4 is 22.6 Å². The van der Waals surface area contributed by atoms with E-state index in [2.05, 4.69) is 43.1 Å². The quantitative estimate of drug-likeness (QED) is 0.630. The van der Waals surface area contributed by atoms with Gasteiger partial charge < -0.3 is 4.74 Å². The van der Waals surface area contributed by atoms with Gasteiger partial charge in [0.15, 0.2) is 7.23 Å². The Bertz CT molecular complexity index is 871. The first-order valence-electron chi connectivity index (χ1n) is 6.31. The van der Waals surface area contributed by atoms with Crippen LogP contribution in [0.5, 0.6) is 5.88 Å². The molecule has 3 aromatic rings. The number of halogens is 1. The van der Waals surface area contributed by atoms with E-state index in [1.54, 1.807) is 18.3 Å². The van der Waals surface area contributed by atoms with Crippen molar-refractivity contribution < 1.29 is 6.15 Å². The minimum Gasteiger partial charge on any atom is -0.472 e. The van der Waals surface area contributed by atoms with Gasteiger partial charge in [-0.2, -0.15) is 4.68 Å². The highest BCUT2D eigenvalue weighted by Gasteiger charge is 2.15. The van der Waals surface area contributed by atoms with Gasteiger partial charge in [-0.05, 0) is 39.1 Å². The van der Waals surface area contributed by atoms with Gasteiger partial charge in [0.1, 0.15) is 6.61 Å². The van der Waals surface area contributed by atoms with Gasteiger partial charge in [0.2, 0.25) is 5.88 Å². The van der Waals surface area contributed by atoms with E-state index in [0.717, 1.165) is 18.0 Å². The molecule has 10 heteroatoms. The number of nitrogens with zero attached hydrogens (tertiary/aromatic N) is 6. The van der Waals surface area contributed by atoms with E-state index in [0.29, 0.717) is 17.3 Å². The van der Waals surface area contributed by atoms with Crippen LogP contribution in [0.15, 0.2) is 29.3 Å². The average molecular weight is 401 g/mol. The van der Waals surface area contributed by atoms with Crippen LogP contribution in [-0.2, 0) is 13.7 Å². The molecule has 0 amide bonds. The molecule has 0 aliphatic carbocycles. The Morgan fingerprint density at radius 1 is 1.48 bits per heavy atom. The minimum atomic E-state index is -0.397. The Labute approximate surface area is 133 Å². The fraction of sp³-hybridized carbons (Fsp3) is 0.182. The SMILES string of the molecule is [3H]n1ccc(OCc2c(I)ccnc2-n2nnn(C)c2=O)n1. The zero-order valence-electron chi connectivity index (χ0n) is 11.8. The Balaban J connectivity index is 1.96. The zero-order valence-corrected chi connectivity index (χ0v) is 13.0.